The number of rotatable bonds is 6. The largest absolute Gasteiger partial charge is 0.495 e. The second-order valence-corrected chi connectivity index (χ2v) is 3.66. The third kappa shape index (κ3) is 3.20. The molecule has 0 saturated heterocycles. The standard InChI is InChI=1S/C8H9NO7P2/c1-14-6-2-3-9(11)5(4-15-17-12)7(6)8(10)16-18-13/h2-3,11,17H,4H2,1H3/q+2. The Morgan fingerprint density at radius 3 is 2.89 bits per heavy atom. The van der Waals surface area contributed by atoms with Gasteiger partial charge in [-0.3, -0.25) is 5.21 Å². The molecule has 10 heteroatoms. The van der Waals surface area contributed by atoms with Crippen molar-refractivity contribution in [1.82, 2.24) is 0 Å². The van der Waals surface area contributed by atoms with Crippen LogP contribution in [0.2, 0.25) is 0 Å². The van der Waals surface area contributed by atoms with E-state index in [0.29, 0.717) is 4.73 Å². The molecule has 1 N–H and O–H groups in total. The second-order valence-electron chi connectivity index (χ2n) is 2.88. The minimum atomic E-state index is -1.06. The Morgan fingerprint density at radius 1 is 1.61 bits per heavy atom. The van der Waals surface area contributed by atoms with Crippen LogP contribution >= 0.6 is 17.4 Å². The maximum atomic E-state index is 11.6. The SMILES string of the molecule is COc1cc[n+](O)c(CO[PH+]=O)c1C(=O)OP=O. The van der Waals surface area contributed by atoms with E-state index in [1.165, 1.54) is 19.4 Å². The van der Waals surface area contributed by atoms with Gasteiger partial charge in [0.25, 0.3) is 5.69 Å². The van der Waals surface area contributed by atoms with E-state index in [0.717, 1.165) is 0 Å². The molecular weight excluding hydrogens is 284 g/mol. The molecule has 0 aromatic carbocycles. The fraction of sp³-hybridized carbons (Fsp3) is 0.250. The van der Waals surface area contributed by atoms with Gasteiger partial charge < -0.3 is 9.26 Å². The molecule has 0 fully saturated rings. The van der Waals surface area contributed by atoms with E-state index in [2.05, 4.69) is 9.05 Å². The molecule has 0 bridgehead atoms. The van der Waals surface area contributed by atoms with Gasteiger partial charge in [-0.1, -0.05) is 0 Å². The topological polar surface area (TPSA) is 103 Å². The molecule has 0 amide bonds. The first kappa shape index (κ1) is 14.4. The number of methoxy groups -OCH3 is 1. The van der Waals surface area contributed by atoms with Gasteiger partial charge in [0.15, 0.2) is 12.2 Å². The van der Waals surface area contributed by atoms with Crippen molar-refractivity contribution in [3.8, 4) is 5.75 Å². The Morgan fingerprint density at radius 2 is 2.33 bits per heavy atom. The van der Waals surface area contributed by atoms with Crippen LogP contribution < -0.4 is 9.47 Å². The van der Waals surface area contributed by atoms with Gasteiger partial charge in [-0.2, -0.15) is 0 Å². The highest BCUT2D eigenvalue weighted by molar-refractivity contribution is 7.18. The van der Waals surface area contributed by atoms with E-state index in [4.69, 9.17) is 4.74 Å². The lowest BCUT2D eigenvalue weighted by molar-refractivity contribution is -0.910. The van der Waals surface area contributed by atoms with Crippen LogP contribution in [0.5, 0.6) is 5.75 Å². The summed E-state index contributed by atoms with van der Waals surface area (Å²) in [7, 11) is -0.592. The smallest absolute Gasteiger partial charge is 0.494 e. The molecule has 1 heterocycles. The molecule has 0 aliphatic heterocycles. The Hall–Kier alpha value is -1.62. The van der Waals surface area contributed by atoms with E-state index < -0.39 is 23.3 Å². The van der Waals surface area contributed by atoms with Crippen molar-refractivity contribution in [2.45, 2.75) is 6.61 Å². The minimum Gasteiger partial charge on any atom is -0.495 e. The van der Waals surface area contributed by atoms with E-state index in [1.54, 1.807) is 0 Å². The van der Waals surface area contributed by atoms with Crippen molar-refractivity contribution in [2.75, 3.05) is 7.11 Å². The minimum absolute atomic E-state index is 0.0358. The maximum Gasteiger partial charge on any atom is 0.494 e. The second kappa shape index (κ2) is 6.96. The van der Waals surface area contributed by atoms with Crippen molar-refractivity contribution < 1.29 is 37.6 Å². The van der Waals surface area contributed by atoms with Crippen molar-refractivity contribution >= 4 is 23.3 Å². The predicted octanol–water partition coefficient (Wildman–Crippen LogP) is 1.04. The van der Waals surface area contributed by atoms with Gasteiger partial charge in [0, 0.05) is 4.73 Å². The van der Waals surface area contributed by atoms with Crippen LogP contribution in [0.3, 0.4) is 0 Å². The number of nitrogens with zero attached hydrogens (tertiary/aromatic N) is 1. The van der Waals surface area contributed by atoms with Gasteiger partial charge in [-0.15, -0.1) is 4.52 Å². The van der Waals surface area contributed by atoms with E-state index in [-0.39, 0.29) is 23.6 Å². The number of hydrogen-bond acceptors (Lipinski definition) is 7. The monoisotopic (exact) mass is 293 g/mol. The van der Waals surface area contributed by atoms with E-state index in [9.17, 15) is 19.1 Å². The molecule has 0 spiro atoms. The number of carbonyl (C=O) groups is 1. The van der Waals surface area contributed by atoms with Crippen LogP contribution in [0.15, 0.2) is 12.3 Å². The highest BCUT2D eigenvalue weighted by atomic mass is 31.1. The summed E-state index contributed by atoms with van der Waals surface area (Å²) < 4.78 is 35.0. The molecular formula is C8H9NO7P2+2. The number of hydrogen-bond donors (Lipinski definition) is 1. The molecule has 8 nitrogen and oxygen atoms in total. The molecule has 96 valence electrons. The van der Waals surface area contributed by atoms with E-state index >= 15 is 0 Å². The molecule has 1 rings (SSSR count). The molecule has 1 unspecified atom stereocenters. The van der Waals surface area contributed by atoms with Crippen LogP contribution in [0.25, 0.3) is 0 Å². The Kier molecular flexibility index (Phi) is 5.58. The lowest BCUT2D eigenvalue weighted by Crippen LogP contribution is -2.37. The fourth-order valence-electron chi connectivity index (χ4n) is 1.27. The van der Waals surface area contributed by atoms with Crippen LogP contribution in [0.1, 0.15) is 16.1 Å². The molecule has 18 heavy (non-hydrogen) atoms. The highest BCUT2D eigenvalue weighted by Crippen LogP contribution is 2.23. The zero-order valence-corrected chi connectivity index (χ0v) is 11.0. The Labute approximate surface area is 105 Å². The first-order valence-corrected chi connectivity index (χ1v) is 6.04. The zero-order valence-electron chi connectivity index (χ0n) is 9.15. The van der Waals surface area contributed by atoms with Gasteiger partial charge in [0.05, 0.1) is 13.2 Å². The number of carbonyl (C=O) groups excluding carboxylic acids is 1. The fourth-order valence-corrected chi connectivity index (χ4v) is 1.63. The van der Waals surface area contributed by atoms with Crippen LogP contribution in [0.4, 0.5) is 0 Å². The third-order valence-electron chi connectivity index (χ3n) is 1.99. The first-order valence-electron chi connectivity index (χ1n) is 4.49. The maximum absolute atomic E-state index is 11.6. The lowest BCUT2D eigenvalue weighted by Gasteiger charge is -2.05. The molecule has 0 aliphatic rings. The summed E-state index contributed by atoms with van der Waals surface area (Å²) in [5.74, 6) is -0.874. The average molecular weight is 293 g/mol. The summed E-state index contributed by atoms with van der Waals surface area (Å²) in [4.78, 5) is 11.6. The molecule has 1 atom stereocenters. The van der Waals surface area contributed by atoms with Crippen molar-refractivity contribution in [3.63, 3.8) is 0 Å². The predicted molar refractivity (Wildman–Crippen MR) is 57.2 cm³/mol. The van der Waals surface area contributed by atoms with Crippen molar-refractivity contribution in [3.05, 3.63) is 23.5 Å². The van der Waals surface area contributed by atoms with Crippen LogP contribution in [-0.2, 0) is 24.8 Å². The quantitative estimate of drug-likeness (QED) is 0.474. The summed E-state index contributed by atoms with van der Waals surface area (Å²) in [6.07, 6.45) is 1.21. The normalized spacial score (nSPS) is 10.5. The average Bonchev–Trinajstić information content (AvgIpc) is 2.37. The molecule has 0 saturated carbocycles. The number of ether oxygens (including phenoxy) is 1. The molecule has 0 aliphatic carbocycles. The van der Waals surface area contributed by atoms with Crippen molar-refractivity contribution in [1.29, 1.82) is 0 Å². The Balaban J connectivity index is 3.30. The Bertz CT molecular complexity index is 479. The molecule has 1 aromatic heterocycles. The van der Waals surface area contributed by atoms with E-state index in [1.807, 2.05) is 0 Å². The van der Waals surface area contributed by atoms with Crippen LogP contribution in [-0.4, -0.2) is 18.3 Å². The van der Waals surface area contributed by atoms with Gasteiger partial charge in [0.1, 0.15) is 5.75 Å². The number of pyridine rings is 1. The summed E-state index contributed by atoms with van der Waals surface area (Å²) in [5, 5.41) is 9.55. The zero-order chi connectivity index (χ0) is 13.5. The lowest BCUT2D eigenvalue weighted by atomic mass is 10.2. The molecule has 0 radical (unpaired) electrons. The van der Waals surface area contributed by atoms with Crippen molar-refractivity contribution in [2.24, 2.45) is 0 Å². The molecule has 1 aromatic rings. The van der Waals surface area contributed by atoms with Gasteiger partial charge in [-0.05, 0) is 4.57 Å². The summed E-state index contributed by atoms with van der Waals surface area (Å²) >= 11 is 0. The summed E-state index contributed by atoms with van der Waals surface area (Å²) in [6.45, 7) is -0.310. The first-order chi connectivity index (χ1) is 8.65. The van der Waals surface area contributed by atoms with Gasteiger partial charge >= 0.3 is 23.3 Å². The number of aromatic nitrogens is 1. The highest BCUT2D eigenvalue weighted by Gasteiger charge is 2.30. The summed E-state index contributed by atoms with van der Waals surface area (Å²) in [5.41, 5.74) is -0.199. The van der Waals surface area contributed by atoms with Gasteiger partial charge in [0.2, 0.25) is 6.20 Å². The van der Waals surface area contributed by atoms with Gasteiger partial charge in [-0.25, -0.2) is 9.36 Å². The summed E-state index contributed by atoms with van der Waals surface area (Å²) in [6, 6.07) is 1.31. The third-order valence-corrected chi connectivity index (χ3v) is 2.49. The van der Waals surface area contributed by atoms with Crippen LogP contribution in [0, 0.1) is 0 Å².